The number of hydrogen-bond donors (Lipinski definition) is 1. The summed E-state index contributed by atoms with van der Waals surface area (Å²) in [5.74, 6) is 2.63. The second-order valence-electron chi connectivity index (χ2n) is 6.96. The van der Waals surface area contributed by atoms with Crippen molar-refractivity contribution in [1.29, 1.82) is 0 Å². The van der Waals surface area contributed by atoms with Crippen LogP contribution in [0, 0.1) is 11.8 Å². The molecule has 22 heavy (non-hydrogen) atoms. The summed E-state index contributed by atoms with van der Waals surface area (Å²) in [6, 6.07) is 6.69. The summed E-state index contributed by atoms with van der Waals surface area (Å²) in [6.07, 6.45) is 2.52. The molecule has 1 fully saturated rings. The molecule has 0 aromatic heterocycles. The van der Waals surface area contributed by atoms with E-state index in [1.165, 1.54) is 30.6 Å². The first kappa shape index (κ1) is 17.3. The second kappa shape index (κ2) is 8.54. The van der Waals surface area contributed by atoms with Crippen LogP contribution in [0.25, 0.3) is 0 Å². The predicted molar refractivity (Wildman–Crippen MR) is 93.2 cm³/mol. The van der Waals surface area contributed by atoms with Gasteiger partial charge < -0.3 is 10.1 Å². The largest absolute Gasteiger partial charge is 0.496 e. The van der Waals surface area contributed by atoms with Crippen LogP contribution >= 0.6 is 0 Å². The van der Waals surface area contributed by atoms with E-state index < -0.39 is 0 Å². The van der Waals surface area contributed by atoms with Gasteiger partial charge in [0.25, 0.3) is 0 Å². The number of likely N-dealkylation sites (tertiary alicyclic amines) is 1. The first-order valence-electron chi connectivity index (χ1n) is 8.71. The van der Waals surface area contributed by atoms with Gasteiger partial charge in [-0.3, -0.25) is 4.90 Å². The number of benzene rings is 1. The van der Waals surface area contributed by atoms with E-state index in [-0.39, 0.29) is 0 Å². The molecule has 2 unspecified atom stereocenters. The van der Waals surface area contributed by atoms with Crippen molar-refractivity contribution in [3.8, 4) is 5.75 Å². The highest BCUT2D eigenvalue weighted by molar-refractivity contribution is 5.37. The van der Waals surface area contributed by atoms with E-state index in [4.69, 9.17) is 4.74 Å². The topological polar surface area (TPSA) is 24.5 Å². The summed E-state index contributed by atoms with van der Waals surface area (Å²) in [6.45, 7) is 12.3. The van der Waals surface area contributed by atoms with Crippen LogP contribution in [-0.4, -0.2) is 31.6 Å². The molecule has 1 aromatic carbocycles. The number of hydrogen-bond acceptors (Lipinski definition) is 3. The van der Waals surface area contributed by atoms with Crippen LogP contribution in [-0.2, 0) is 13.1 Å². The number of ether oxygens (including phenoxy) is 1. The Hall–Kier alpha value is -1.06. The molecular weight excluding hydrogens is 272 g/mol. The normalized spacial score (nSPS) is 22.7. The maximum Gasteiger partial charge on any atom is 0.123 e. The average Bonchev–Trinajstić information content (AvgIpc) is 2.47. The molecule has 0 amide bonds. The monoisotopic (exact) mass is 304 g/mol. The van der Waals surface area contributed by atoms with E-state index in [1.807, 2.05) is 0 Å². The SMILES string of the molecule is CCCNCc1ccc(CN2CC(C)CC(C)C2)cc1OC. The molecule has 0 bridgehead atoms. The molecule has 3 heteroatoms. The van der Waals surface area contributed by atoms with Gasteiger partial charge in [-0.15, -0.1) is 0 Å². The highest BCUT2D eigenvalue weighted by atomic mass is 16.5. The minimum atomic E-state index is 0.808. The van der Waals surface area contributed by atoms with E-state index in [1.54, 1.807) is 7.11 Å². The number of methoxy groups -OCH3 is 1. The van der Waals surface area contributed by atoms with Crippen molar-refractivity contribution in [1.82, 2.24) is 10.2 Å². The molecule has 1 N–H and O–H groups in total. The van der Waals surface area contributed by atoms with E-state index in [2.05, 4.69) is 49.2 Å². The Balaban J connectivity index is 1.99. The molecule has 1 aromatic rings. The molecule has 0 saturated carbocycles. The van der Waals surface area contributed by atoms with Gasteiger partial charge >= 0.3 is 0 Å². The maximum absolute atomic E-state index is 5.59. The lowest BCUT2D eigenvalue weighted by atomic mass is 9.91. The van der Waals surface area contributed by atoms with Crippen LogP contribution in [0.4, 0.5) is 0 Å². The molecule has 124 valence electrons. The van der Waals surface area contributed by atoms with Crippen molar-refractivity contribution < 1.29 is 4.74 Å². The van der Waals surface area contributed by atoms with Gasteiger partial charge in [0.15, 0.2) is 0 Å². The van der Waals surface area contributed by atoms with Gasteiger partial charge in [0.2, 0.25) is 0 Å². The van der Waals surface area contributed by atoms with E-state index >= 15 is 0 Å². The maximum atomic E-state index is 5.59. The van der Waals surface area contributed by atoms with Crippen molar-refractivity contribution in [2.75, 3.05) is 26.7 Å². The summed E-state index contributed by atoms with van der Waals surface area (Å²) >= 11 is 0. The second-order valence-corrected chi connectivity index (χ2v) is 6.96. The summed E-state index contributed by atoms with van der Waals surface area (Å²) in [5, 5.41) is 3.45. The van der Waals surface area contributed by atoms with Gasteiger partial charge in [0.1, 0.15) is 5.75 Å². The lowest BCUT2D eigenvalue weighted by Crippen LogP contribution is -2.38. The number of rotatable bonds is 7. The Morgan fingerprint density at radius 2 is 1.95 bits per heavy atom. The van der Waals surface area contributed by atoms with Crippen LogP contribution in [0.5, 0.6) is 5.75 Å². The minimum absolute atomic E-state index is 0.808. The fraction of sp³-hybridized carbons (Fsp3) is 0.684. The highest BCUT2D eigenvalue weighted by Crippen LogP contribution is 2.25. The highest BCUT2D eigenvalue weighted by Gasteiger charge is 2.21. The van der Waals surface area contributed by atoms with Gasteiger partial charge in [-0.2, -0.15) is 0 Å². The smallest absolute Gasteiger partial charge is 0.123 e. The quantitative estimate of drug-likeness (QED) is 0.778. The lowest BCUT2D eigenvalue weighted by molar-refractivity contribution is 0.134. The fourth-order valence-corrected chi connectivity index (χ4v) is 3.61. The zero-order chi connectivity index (χ0) is 15.9. The summed E-state index contributed by atoms with van der Waals surface area (Å²) < 4.78 is 5.59. The molecule has 1 aliphatic rings. The van der Waals surface area contributed by atoms with Crippen molar-refractivity contribution in [3.05, 3.63) is 29.3 Å². The molecule has 0 spiro atoms. The van der Waals surface area contributed by atoms with Gasteiger partial charge in [0, 0.05) is 31.7 Å². The third-order valence-electron chi connectivity index (χ3n) is 4.44. The Bertz CT molecular complexity index is 451. The molecule has 3 nitrogen and oxygen atoms in total. The van der Waals surface area contributed by atoms with Crippen molar-refractivity contribution in [2.24, 2.45) is 11.8 Å². The Morgan fingerprint density at radius 1 is 1.23 bits per heavy atom. The molecule has 2 atom stereocenters. The number of nitrogens with zero attached hydrogens (tertiary/aromatic N) is 1. The van der Waals surface area contributed by atoms with Crippen LogP contribution in [0.3, 0.4) is 0 Å². The predicted octanol–water partition coefficient (Wildman–Crippen LogP) is 3.67. The van der Waals surface area contributed by atoms with Crippen LogP contribution < -0.4 is 10.1 Å². The van der Waals surface area contributed by atoms with Crippen molar-refractivity contribution in [2.45, 2.75) is 46.7 Å². The number of piperidine rings is 1. The van der Waals surface area contributed by atoms with Crippen molar-refractivity contribution >= 4 is 0 Å². The molecule has 1 heterocycles. The van der Waals surface area contributed by atoms with Gasteiger partial charge in [-0.1, -0.05) is 32.9 Å². The zero-order valence-corrected chi connectivity index (χ0v) is 14.7. The standard InChI is InChI=1S/C19H32N2O/c1-5-8-20-11-18-7-6-17(10-19(18)22-4)14-21-12-15(2)9-16(3)13-21/h6-7,10,15-16,20H,5,8-9,11-14H2,1-4H3. The summed E-state index contributed by atoms with van der Waals surface area (Å²) in [5.41, 5.74) is 2.61. The molecule has 0 radical (unpaired) electrons. The molecule has 0 aliphatic carbocycles. The van der Waals surface area contributed by atoms with E-state index in [0.29, 0.717) is 0 Å². The molecular formula is C19H32N2O. The first-order chi connectivity index (χ1) is 10.6. The van der Waals surface area contributed by atoms with Crippen LogP contribution in [0.2, 0.25) is 0 Å². The number of nitrogens with one attached hydrogen (secondary N) is 1. The Labute approximate surface area is 136 Å². The third-order valence-corrected chi connectivity index (χ3v) is 4.44. The fourth-order valence-electron chi connectivity index (χ4n) is 3.61. The van der Waals surface area contributed by atoms with Crippen LogP contribution in [0.15, 0.2) is 18.2 Å². The first-order valence-corrected chi connectivity index (χ1v) is 8.71. The summed E-state index contributed by atoms with van der Waals surface area (Å²) in [7, 11) is 1.77. The van der Waals surface area contributed by atoms with Crippen molar-refractivity contribution in [3.63, 3.8) is 0 Å². The van der Waals surface area contributed by atoms with Gasteiger partial charge in [-0.05, 0) is 42.9 Å². The minimum Gasteiger partial charge on any atom is -0.496 e. The molecule has 2 rings (SSSR count). The van der Waals surface area contributed by atoms with Gasteiger partial charge in [-0.25, -0.2) is 0 Å². The zero-order valence-electron chi connectivity index (χ0n) is 14.7. The average molecular weight is 304 g/mol. The molecule has 1 aliphatic heterocycles. The van der Waals surface area contributed by atoms with Gasteiger partial charge in [0.05, 0.1) is 7.11 Å². The molecule has 1 saturated heterocycles. The lowest BCUT2D eigenvalue weighted by Gasteiger charge is -2.35. The Kier molecular flexibility index (Phi) is 6.71. The summed E-state index contributed by atoms with van der Waals surface area (Å²) in [4.78, 5) is 2.59. The Morgan fingerprint density at radius 3 is 2.59 bits per heavy atom. The van der Waals surface area contributed by atoms with E-state index in [9.17, 15) is 0 Å². The van der Waals surface area contributed by atoms with E-state index in [0.717, 1.165) is 43.6 Å². The third kappa shape index (κ3) is 4.99. The van der Waals surface area contributed by atoms with Crippen LogP contribution in [0.1, 0.15) is 44.7 Å².